The van der Waals surface area contributed by atoms with Gasteiger partial charge in [0.15, 0.2) is 0 Å². The Morgan fingerprint density at radius 1 is 0.949 bits per heavy atom. The third-order valence-electron chi connectivity index (χ3n) is 6.74. The van der Waals surface area contributed by atoms with E-state index in [9.17, 15) is 9.59 Å². The average Bonchev–Trinajstić information content (AvgIpc) is 3.35. The molecule has 0 unspecified atom stereocenters. The van der Waals surface area contributed by atoms with Crippen LogP contribution in [0.25, 0.3) is 5.69 Å². The van der Waals surface area contributed by atoms with E-state index in [1.165, 1.54) is 5.56 Å². The number of amides is 2. The molecule has 39 heavy (non-hydrogen) atoms. The number of nitrogens with one attached hydrogen (secondary N) is 1. The SMILES string of the molecule is CCCCCN(CC(=O)Nc1cc(C(C)(C)C)nn1-c1ccc(OC)cc1)C(=O)c1ccc(CCCC)cc1. The summed E-state index contributed by atoms with van der Waals surface area (Å²) in [6, 6.07) is 17.2. The first-order chi connectivity index (χ1) is 18.7. The van der Waals surface area contributed by atoms with Gasteiger partial charge in [-0.3, -0.25) is 9.59 Å². The monoisotopic (exact) mass is 532 g/mol. The number of rotatable bonds is 13. The molecule has 0 saturated carbocycles. The molecule has 3 rings (SSSR count). The second-order valence-electron chi connectivity index (χ2n) is 11.1. The topological polar surface area (TPSA) is 76.5 Å². The zero-order valence-corrected chi connectivity index (χ0v) is 24.4. The molecule has 0 atom stereocenters. The molecule has 0 spiro atoms. The Balaban J connectivity index is 1.81. The minimum Gasteiger partial charge on any atom is -0.497 e. The van der Waals surface area contributed by atoms with Gasteiger partial charge in [0.25, 0.3) is 5.91 Å². The second-order valence-corrected chi connectivity index (χ2v) is 11.1. The number of unbranched alkanes of at least 4 members (excludes halogenated alkanes) is 3. The van der Waals surface area contributed by atoms with Crippen molar-refractivity contribution in [3.63, 3.8) is 0 Å². The summed E-state index contributed by atoms with van der Waals surface area (Å²) in [6.45, 7) is 11.1. The highest BCUT2D eigenvalue weighted by molar-refractivity contribution is 5.99. The van der Waals surface area contributed by atoms with Gasteiger partial charge in [0.05, 0.1) is 18.5 Å². The van der Waals surface area contributed by atoms with Gasteiger partial charge >= 0.3 is 0 Å². The van der Waals surface area contributed by atoms with Crippen molar-refractivity contribution in [1.29, 1.82) is 0 Å². The Morgan fingerprint density at radius 2 is 1.62 bits per heavy atom. The Labute approximate surface area is 233 Å². The molecule has 0 radical (unpaired) electrons. The lowest BCUT2D eigenvalue weighted by Crippen LogP contribution is -2.39. The van der Waals surface area contributed by atoms with Crippen LogP contribution in [0.15, 0.2) is 54.6 Å². The third-order valence-corrected chi connectivity index (χ3v) is 6.74. The number of carbonyl (C=O) groups is 2. The molecule has 7 heteroatoms. The molecular formula is C32H44N4O3. The number of hydrogen-bond acceptors (Lipinski definition) is 4. The van der Waals surface area contributed by atoms with Crippen molar-refractivity contribution in [2.75, 3.05) is 25.5 Å². The second kappa shape index (κ2) is 14.0. The van der Waals surface area contributed by atoms with Crippen LogP contribution < -0.4 is 10.1 Å². The van der Waals surface area contributed by atoms with Gasteiger partial charge in [-0.1, -0.05) is 66.0 Å². The molecule has 1 heterocycles. The summed E-state index contributed by atoms with van der Waals surface area (Å²) in [6.07, 6.45) is 6.15. The normalized spacial score (nSPS) is 11.3. The number of aromatic nitrogens is 2. The fourth-order valence-corrected chi connectivity index (χ4v) is 4.30. The first-order valence-corrected chi connectivity index (χ1v) is 14.1. The predicted octanol–water partition coefficient (Wildman–Crippen LogP) is 6.79. The summed E-state index contributed by atoms with van der Waals surface area (Å²) in [5, 5.41) is 7.82. The maximum Gasteiger partial charge on any atom is 0.254 e. The molecule has 2 amide bonds. The minimum absolute atomic E-state index is 0.0290. The zero-order chi connectivity index (χ0) is 28.4. The number of hydrogen-bond donors (Lipinski definition) is 1. The van der Waals surface area contributed by atoms with Gasteiger partial charge in [-0.25, -0.2) is 4.68 Å². The fraction of sp³-hybridized carbons (Fsp3) is 0.469. The smallest absolute Gasteiger partial charge is 0.254 e. The molecule has 2 aromatic carbocycles. The molecule has 7 nitrogen and oxygen atoms in total. The zero-order valence-electron chi connectivity index (χ0n) is 24.4. The quantitative estimate of drug-likeness (QED) is 0.246. The largest absolute Gasteiger partial charge is 0.497 e. The maximum absolute atomic E-state index is 13.5. The number of benzene rings is 2. The van der Waals surface area contributed by atoms with Crippen molar-refractivity contribution in [2.45, 2.75) is 78.6 Å². The molecule has 0 aliphatic heterocycles. The molecule has 210 valence electrons. The Kier molecular flexibility index (Phi) is 10.7. The molecule has 0 aliphatic rings. The lowest BCUT2D eigenvalue weighted by atomic mass is 9.92. The molecule has 0 fully saturated rings. The van der Waals surface area contributed by atoms with E-state index in [0.29, 0.717) is 17.9 Å². The van der Waals surface area contributed by atoms with Gasteiger partial charge < -0.3 is 15.0 Å². The van der Waals surface area contributed by atoms with Crippen LogP contribution in [-0.2, 0) is 16.6 Å². The van der Waals surface area contributed by atoms with E-state index in [1.54, 1.807) is 16.7 Å². The highest BCUT2D eigenvalue weighted by atomic mass is 16.5. The highest BCUT2D eigenvalue weighted by Crippen LogP contribution is 2.27. The molecule has 0 bridgehead atoms. The standard InChI is InChI=1S/C32H44N4O3/c1-7-9-11-21-35(31(38)25-15-13-24(14-16-25)12-10-8-2)23-30(37)33-29-22-28(32(3,4)5)34-36(29)26-17-19-27(39-6)20-18-26/h13-20,22H,7-12,21,23H2,1-6H3,(H,33,37). The minimum atomic E-state index is -0.255. The van der Waals surface area contributed by atoms with E-state index in [4.69, 9.17) is 9.84 Å². The van der Waals surface area contributed by atoms with Crippen LogP contribution in [0.1, 0.15) is 88.3 Å². The lowest BCUT2D eigenvalue weighted by Gasteiger charge is -2.22. The summed E-state index contributed by atoms with van der Waals surface area (Å²) in [4.78, 5) is 28.5. The number of nitrogens with zero attached hydrogens (tertiary/aromatic N) is 3. The van der Waals surface area contributed by atoms with Gasteiger partial charge in [0, 0.05) is 23.6 Å². The van der Waals surface area contributed by atoms with Crippen LogP contribution in [-0.4, -0.2) is 46.7 Å². The Hall–Kier alpha value is -3.61. The first kappa shape index (κ1) is 29.9. The van der Waals surface area contributed by atoms with E-state index in [0.717, 1.165) is 55.7 Å². The van der Waals surface area contributed by atoms with Crippen molar-refractivity contribution in [1.82, 2.24) is 14.7 Å². The average molecular weight is 533 g/mol. The molecular weight excluding hydrogens is 488 g/mol. The van der Waals surface area contributed by atoms with Crippen molar-refractivity contribution < 1.29 is 14.3 Å². The van der Waals surface area contributed by atoms with Gasteiger partial charge in [-0.2, -0.15) is 5.10 Å². The van der Waals surface area contributed by atoms with Crippen LogP contribution in [0.2, 0.25) is 0 Å². The van der Waals surface area contributed by atoms with E-state index in [1.807, 2.05) is 54.6 Å². The van der Waals surface area contributed by atoms with Crippen LogP contribution in [0.3, 0.4) is 0 Å². The van der Waals surface area contributed by atoms with E-state index < -0.39 is 0 Å². The fourth-order valence-electron chi connectivity index (χ4n) is 4.30. The number of ether oxygens (including phenoxy) is 1. The number of methoxy groups -OCH3 is 1. The predicted molar refractivity (Wildman–Crippen MR) is 158 cm³/mol. The number of anilines is 1. The molecule has 3 aromatic rings. The van der Waals surface area contributed by atoms with Gasteiger partial charge in [0.2, 0.25) is 5.91 Å². The summed E-state index contributed by atoms with van der Waals surface area (Å²) in [5.41, 5.74) is 3.29. The summed E-state index contributed by atoms with van der Waals surface area (Å²) in [7, 11) is 1.63. The highest BCUT2D eigenvalue weighted by Gasteiger charge is 2.23. The first-order valence-electron chi connectivity index (χ1n) is 14.1. The van der Waals surface area contributed by atoms with E-state index in [2.05, 4.69) is 39.9 Å². The molecule has 0 saturated heterocycles. The van der Waals surface area contributed by atoms with Gasteiger partial charge in [0.1, 0.15) is 18.1 Å². The molecule has 1 aromatic heterocycles. The Morgan fingerprint density at radius 3 is 2.21 bits per heavy atom. The van der Waals surface area contributed by atoms with Crippen LogP contribution in [0, 0.1) is 0 Å². The van der Waals surface area contributed by atoms with E-state index >= 15 is 0 Å². The Bertz CT molecular complexity index is 1210. The van der Waals surface area contributed by atoms with Gasteiger partial charge in [-0.15, -0.1) is 0 Å². The van der Waals surface area contributed by atoms with Crippen LogP contribution >= 0.6 is 0 Å². The maximum atomic E-state index is 13.5. The van der Waals surface area contributed by atoms with Crippen molar-refractivity contribution in [3.8, 4) is 11.4 Å². The lowest BCUT2D eigenvalue weighted by molar-refractivity contribution is -0.117. The van der Waals surface area contributed by atoms with Crippen molar-refractivity contribution in [3.05, 3.63) is 71.4 Å². The number of carbonyl (C=O) groups excluding carboxylic acids is 2. The summed E-state index contributed by atoms with van der Waals surface area (Å²) in [5.74, 6) is 0.931. The van der Waals surface area contributed by atoms with Gasteiger partial charge in [-0.05, 0) is 61.2 Å². The molecule has 1 N–H and O–H groups in total. The molecule has 0 aliphatic carbocycles. The number of aryl methyl sites for hydroxylation is 1. The van der Waals surface area contributed by atoms with E-state index in [-0.39, 0.29) is 23.8 Å². The van der Waals surface area contributed by atoms with Crippen molar-refractivity contribution in [2.24, 2.45) is 0 Å². The van der Waals surface area contributed by atoms with Crippen LogP contribution in [0.5, 0.6) is 5.75 Å². The summed E-state index contributed by atoms with van der Waals surface area (Å²) >= 11 is 0. The third kappa shape index (κ3) is 8.44. The summed E-state index contributed by atoms with van der Waals surface area (Å²) < 4.78 is 7.02. The van der Waals surface area contributed by atoms with Crippen molar-refractivity contribution >= 4 is 17.6 Å². The van der Waals surface area contributed by atoms with Crippen LogP contribution in [0.4, 0.5) is 5.82 Å².